The number of rotatable bonds is 3. The summed E-state index contributed by atoms with van der Waals surface area (Å²) in [7, 11) is 0. The summed E-state index contributed by atoms with van der Waals surface area (Å²) in [5.74, 6) is 0.490. The van der Waals surface area contributed by atoms with E-state index < -0.39 is 0 Å². The van der Waals surface area contributed by atoms with Gasteiger partial charge >= 0.3 is 0 Å². The molecule has 0 amide bonds. The number of Topliss-reactive ketones (excluding diaryl/α,β-unsaturated/α-hetero) is 1. The van der Waals surface area contributed by atoms with Crippen molar-refractivity contribution in [2.45, 2.75) is 19.4 Å². The molecule has 2 aromatic rings. The zero-order valence-corrected chi connectivity index (χ0v) is 11.4. The summed E-state index contributed by atoms with van der Waals surface area (Å²) in [5, 5.41) is 0.341. The van der Waals surface area contributed by atoms with Gasteiger partial charge in [0.2, 0.25) is 0 Å². The Morgan fingerprint density at radius 2 is 2.05 bits per heavy atom. The number of ether oxygens (including phenoxy) is 1. The molecule has 2 nitrogen and oxygen atoms in total. The molecule has 0 radical (unpaired) electrons. The van der Waals surface area contributed by atoms with Crippen LogP contribution in [0.15, 0.2) is 36.4 Å². The number of carbonyl (C=O) groups excluding carboxylic acids is 1. The molecule has 0 spiro atoms. The molecule has 102 valence electrons. The number of halogens is 2. The molecule has 1 aliphatic rings. The van der Waals surface area contributed by atoms with E-state index in [2.05, 4.69) is 0 Å². The van der Waals surface area contributed by atoms with Crippen LogP contribution in [-0.4, -0.2) is 5.78 Å². The third kappa shape index (κ3) is 2.41. The molecule has 20 heavy (non-hydrogen) atoms. The van der Waals surface area contributed by atoms with Crippen molar-refractivity contribution in [3.63, 3.8) is 0 Å². The Morgan fingerprint density at radius 1 is 1.20 bits per heavy atom. The lowest BCUT2D eigenvalue weighted by molar-refractivity contribution is 0.0994. The second-order valence-corrected chi connectivity index (χ2v) is 5.14. The summed E-state index contributed by atoms with van der Waals surface area (Å²) in [4.78, 5) is 11.7. The van der Waals surface area contributed by atoms with E-state index in [1.807, 2.05) is 18.2 Å². The molecule has 0 N–H and O–H groups in total. The lowest BCUT2D eigenvalue weighted by atomic mass is 10.1. The quantitative estimate of drug-likeness (QED) is 0.847. The van der Waals surface area contributed by atoms with Crippen LogP contribution in [0.4, 0.5) is 4.39 Å². The first-order valence-corrected chi connectivity index (χ1v) is 6.75. The summed E-state index contributed by atoms with van der Waals surface area (Å²) in [6.07, 6.45) is 1.24. The van der Waals surface area contributed by atoms with E-state index in [1.54, 1.807) is 6.07 Å². The number of fused-ring (bicyclic) bond motifs is 1. The first-order chi connectivity index (χ1) is 9.65. The Balaban J connectivity index is 1.81. The molecule has 0 atom stereocenters. The van der Waals surface area contributed by atoms with E-state index >= 15 is 0 Å². The van der Waals surface area contributed by atoms with Crippen molar-refractivity contribution in [3.05, 3.63) is 63.9 Å². The van der Waals surface area contributed by atoms with Gasteiger partial charge in [0.15, 0.2) is 5.78 Å². The van der Waals surface area contributed by atoms with Crippen LogP contribution in [0.3, 0.4) is 0 Å². The molecule has 1 aliphatic carbocycles. The first-order valence-electron chi connectivity index (χ1n) is 6.37. The fraction of sp³-hybridized carbons (Fsp3) is 0.188. The van der Waals surface area contributed by atoms with Crippen molar-refractivity contribution in [2.24, 2.45) is 0 Å². The molecule has 0 aromatic heterocycles. The highest BCUT2D eigenvalue weighted by atomic mass is 35.5. The Morgan fingerprint density at radius 3 is 2.85 bits per heavy atom. The van der Waals surface area contributed by atoms with E-state index in [9.17, 15) is 9.18 Å². The number of ketones is 1. The van der Waals surface area contributed by atoms with Gasteiger partial charge in [-0.15, -0.1) is 0 Å². The van der Waals surface area contributed by atoms with Crippen molar-refractivity contribution in [3.8, 4) is 5.75 Å². The van der Waals surface area contributed by atoms with Gasteiger partial charge in [-0.2, -0.15) is 0 Å². The average Bonchev–Trinajstić information content (AvgIpc) is 2.80. The van der Waals surface area contributed by atoms with Gasteiger partial charge in [-0.05, 0) is 24.6 Å². The number of hydrogen-bond acceptors (Lipinski definition) is 2. The minimum absolute atomic E-state index is 0.158. The van der Waals surface area contributed by atoms with Crippen LogP contribution in [0.25, 0.3) is 0 Å². The molecule has 0 unspecified atom stereocenters. The van der Waals surface area contributed by atoms with Gasteiger partial charge in [0.05, 0.1) is 5.02 Å². The number of hydrogen-bond donors (Lipinski definition) is 0. The van der Waals surface area contributed by atoms with Gasteiger partial charge in [-0.25, -0.2) is 4.39 Å². The molecule has 0 aliphatic heterocycles. The Labute approximate surface area is 121 Å². The fourth-order valence-electron chi connectivity index (χ4n) is 2.39. The largest absolute Gasteiger partial charge is 0.489 e. The highest BCUT2D eigenvalue weighted by Crippen LogP contribution is 2.31. The van der Waals surface area contributed by atoms with Crippen molar-refractivity contribution < 1.29 is 13.9 Å². The molecular weight excluding hydrogens is 279 g/mol. The standard InChI is InChI=1S/C16H12ClFO2/c17-14-8-11(18)5-4-10(14)9-20-16-3-1-2-12-13(16)6-7-15(12)19/h1-5,8H,6-7,9H2. The second kappa shape index (κ2) is 5.25. The number of benzene rings is 2. The highest BCUT2D eigenvalue weighted by Gasteiger charge is 2.22. The van der Waals surface area contributed by atoms with Crippen molar-refractivity contribution in [1.82, 2.24) is 0 Å². The summed E-state index contributed by atoms with van der Waals surface area (Å²) in [5.41, 5.74) is 2.42. The van der Waals surface area contributed by atoms with Crippen LogP contribution in [0, 0.1) is 5.82 Å². The molecule has 0 bridgehead atoms. The maximum Gasteiger partial charge on any atom is 0.163 e. The van der Waals surface area contributed by atoms with E-state index in [4.69, 9.17) is 16.3 Å². The van der Waals surface area contributed by atoms with Crippen LogP contribution in [0.5, 0.6) is 5.75 Å². The van der Waals surface area contributed by atoms with Crippen LogP contribution in [0.2, 0.25) is 5.02 Å². The van der Waals surface area contributed by atoms with Gasteiger partial charge in [0.1, 0.15) is 18.2 Å². The van der Waals surface area contributed by atoms with Crippen molar-refractivity contribution >= 4 is 17.4 Å². The third-order valence-corrected chi connectivity index (χ3v) is 3.79. The summed E-state index contributed by atoms with van der Waals surface area (Å²) in [6, 6.07) is 9.69. The lowest BCUT2D eigenvalue weighted by Gasteiger charge is -2.11. The SMILES string of the molecule is O=C1CCc2c(OCc3ccc(F)cc3Cl)cccc21. The average molecular weight is 291 g/mol. The monoisotopic (exact) mass is 290 g/mol. The molecule has 2 aromatic carbocycles. The highest BCUT2D eigenvalue weighted by molar-refractivity contribution is 6.31. The minimum Gasteiger partial charge on any atom is -0.489 e. The van der Waals surface area contributed by atoms with Gasteiger partial charge in [-0.3, -0.25) is 4.79 Å². The van der Waals surface area contributed by atoms with E-state index in [-0.39, 0.29) is 18.2 Å². The first kappa shape index (κ1) is 13.1. The summed E-state index contributed by atoms with van der Waals surface area (Å²) in [6.45, 7) is 0.254. The molecule has 0 fully saturated rings. The van der Waals surface area contributed by atoms with Gasteiger partial charge in [0.25, 0.3) is 0 Å². The van der Waals surface area contributed by atoms with Crippen LogP contribution in [-0.2, 0) is 13.0 Å². The fourth-order valence-corrected chi connectivity index (χ4v) is 2.61. The second-order valence-electron chi connectivity index (χ2n) is 4.73. The molecule has 0 heterocycles. The smallest absolute Gasteiger partial charge is 0.163 e. The zero-order chi connectivity index (χ0) is 14.1. The normalized spacial score (nSPS) is 13.4. The van der Waals surface area contributed by atoms with Crippen molar-refractivity contribution in [2.75, 3.05) is 0 Å². The van der Waals surface area contributed by atoms with Crippen LogP contribution < -0.4 is 4.74 Å². The van der Waals surface area contributed by atoms with Crippen molar-refractivity contribution in [1.29, 1.82) is 0 Å². The summed E-state index contributed by atoms with van der Waals surface area (Å²) < 4.78 is 18.7. The Kier molecular flexibility index (Phi) is 3.45. The minimum atomic E-state index is -0.370. The number of carbonyl (C=O) groups is 1. The predicted octanol–water partition coefficient (Wildman–Crippen LogP) is 4.19. The van der Waals surface area contributed by atoms with Gasteiger partial charge in [-0.1, -0.05) is 29.8 Å². The molecule has 3 rings (SSSR count). The van der Waals surface area contributed by atoms with E-state index in [1.165, 1.54) is 12.1 Å². The molecule has 0 saturated heterocycles. The van der Waals surface area contributed by atoms with Gasteiger partial charge in [0, 0.05) is 23.1 Å². The summed E-state index contributed by atoms with van der Waals surface area (Å²) >= 11 is 5.96. The topological polar surface area (TPSA) is 26.3 Å². The molecule has 4 heteroatoms. The predicted molar refractivity (Wildman–Crippen MR) is 74.8 cm³/mol. The van der Waals surface area contributed by atoms with Crippen LogP contribution in [0.1, 0.15) is 27.9 Å². The van der Waals surface area contributed by atoms with Gasteiger partial charge < -0.3 is 4.74 Å². The lowest BCUT2D eigenvalue weighted by Crippen LogP contribution is -2.00. The Hall–Kier alpha value is -1.87. The van der Waals surface area contributed by atoms with Crippen LogP contribution >= 0.6 is 11.6 Å². The van der Waals surface area contributed by atoms with E-state index in [0.29, 0.717) is 23.6 Å². The molecule has 0 saturated carbocycles. The molecular formula is C16H12ClFO2. The van der Waals surface area contributed by atoms with E-state index in [0.717, 1.165) is 16.7 Å². The third-order valence-electron chi connectivity index (χ3n) is 3.43. The zero-order valence-electron chi connectivity index (χ0n) is 10.7. The maximum atomic E-state index is 13.0. The Bertz CT molecular complexity index is 682. The maximum absolute atomic E-state index is 13.0.